The highest BCUT2D eigenvalue weighted by molar-refractivity contribution is 5.97. The largest absolute Gasteiger partial charge is 0.481 e. The van der Waals surface area contributed by atoms with E-state index in [1.165, 1.54) is 14.2 Å². The van der Waals surface area contributed by atoms with Gasteiger partial charge in [-0.3, -0.25) is 9.59 Å². The summed E-state index contributed by atoms with van der Waals surface area (Å²) in [5, 5.41) is 7.20. The van der Waals surface area contributed by atoms with Crippen LogP contribution >= 0.6 is 0 Å². The zero-order valence-corrected chi connectivity index (χ0v) is 21.0. The molecule has 2 aromatic heterocycles. The van der Waals surface area contributed by atoms with Gasteiger partial charge in [-0.25, -0.2) is 0 Å². The Hall–Kier alpha value is -3.17. The number of carbonyl (C=O) groups excluding carboxylic acids is 2. The molecule has 3 unspecified atom stereocenters. The smallest absolute Gasteiger partial charge is 0.259 e. The molecule has 0 aromatic carbocycles. The van der Waals surface area contributed by atoms with Gasteiger partial charge in [-0.15, -0.1) is 0 Å². The highest BCUT2D eigenvalue weighted by Gasteiger charge is 2.46. The van der Waals surface area contributed by atoms with Crippen LogP contribution in [0.2, 0.25) is 0 Å². The number of ether oxygens (including phenoxy) is 2. The summed E-state index contributed by atoms with van der Waals surface area (Å²) in [7, 11) is 3.00. The Morgan fingerprint density at radius 1 is 1.11 bits per heavy atom. The quantitative estimate of drug-likeness (QED) is 0.685. The van der Waals surface area contributed by atoms with Crippen molar-refractivity contribution in [2.45, 2.75) is 70.3 Å². The third kappa shape index (κ3) is 5.41. The van der Waals surface area contributed by atoms with Crippen LogP contribution in [-0.4, -0.2) is 65.2 Å². The van der Waals surface area contributed by atoms with Crippen LogP contribution < -0.4 is 14.8 Å². The lowest BCUT2D eigenvalue weighted by atomic mass is 9.99. The first kappa shape index (κ1) is 24.9. The summed E-state index contributed by atoms with van der Waals surface area (Å²) in [5.74, 6) is 1.23. The van der Waals surface area contributed by atoms with E-state index in [4.69, 9.17) is 14.0 Å². The molecule has 1 aliphatic heterocycles. The highest BCUT2D eigenvalue weighted by atomic mass is 16.5. The fraction of sp³-hybridized carbons (Fsp3) is 0.640. The maximum atomic E-state index is 13.9. The molecule has 10 heteroatoms. The maximum absolute atomic E-state index is 13.9. The average molecular weight is 486 g/mol. The molecule has 2 aromatic rings. The zero-order valence-electron chi connectivity index (χ0n) is 21.0. The normalized spacial score (nSPS) is 23.4. The molecule has 0 radical (unpaired) electrons. The molecule has 3 heterocycles. The molecular formula is C25H35N5O5. The molecule has 2 amide bonds. The molecule has 4 rings (SSSR count). The van der Waals surface area contributed by atoms with Gasteiger partial charge in [0.25, 0.3) is 5.91 Å². The van der Waals surface area contributed by atoms with Gasteiger partial charge in [0.05, 0.1) is 20.1 Å². The molecule has 1 saturated carbocycles. The van der Waals surface area contributed by atoms with E-state index >= 15 is 0 Å². The van der Waals surface area contributed by atoms with Crippen LogP contribution in [0.3, 0.4) is 0 Å². The number of rotatable bonds is 5. The summed E-state index contributed by atoms with van der Waals surface area (Å²) in [4.78, 5) is 37.9. The predicted molar refractivity (Wildman–Crippen MR) is 127 cm³/mol. The summed E-state index contributed by atoms with van der Waals surface area (Å²) in [6, 6.07) is 3.02. The Kier molecular flexibility index (Phi) is 7.87. The second kappa shape index (κ2) is 11.0. The standard InChI is InChI=1S/C25H35N5O5/c1-15(2)21-28-23(35-29-21)16-13-18-19(14-16)30(12-8-6-5-7-11-26-22(18)31)25(32)17-9-10-20(33-3)27-24(17)34-4/h9-10,15-16,18-19H,5-8,11-14H2,1-4H3,(H,26,31). The molecule has 1 saturated heterocycles. The lowest BCUT2D eigenvalue weighted by Crippen LogP contribution is -2.47. The van der Waals surface area contributed by atoms with Crippen molar-refractivity contribution in [2.75, 3.05) is 27.3 Å². The van der Waals surface area contributed by atoms with Gasteiger partial charge in [-0.05, 0) is 31.7 Å². The monoisotopic (exact) mass is 485 g/mol. The predicted octanol–water partition coefficient (Wildman–Crippen LogP) is 3.30. The Morgan fingerprint density at radius 3 is 2.63 bits per heavy atom. The van der Waals surface area contributed by atoms with Crippen molar-refractivity contribution in [3.05, 3.63) is 29.4 Å². The van der Waals surface area contributed by atoms with Gasteiger partial charge in [0.1, 0.15) is 5.56 Å². The third-order valence-electron chi connectivity index (χ3n) is 6.94. The Bertz CT molecular complexity index is 1040. The average Bonchev–Trinajstić information content (AvgIpc) is 3.52. The first-order valence-corrected chi connectivity index (χ1v) is 12.4. The number of nitrogens with zero attached hydrogens (tertiary/aromatic N) is 4. The van der Waals surface area contributed by atoms with Crippen LogP contribution in [0.15, 0.2) is 16.7 Å². The SMILES string of the molecule is COc1ccc(C(=O)N2CCCCCCNC(=O)C3CC(c4nc(C(C)C)no4)CC32)c(OC)n1. The summed E-state index contributed by atoms with van der Waals surface area (Å²) in [5.41, 5.74) is 0.352. The summed E-state index contributed by atoms with van der Waals surface area (Å²) in [6.07, 6.45) is 4.91. The molecule has 1 aliphatic carbocycles. The van der Waals surface area contributed by atoms with Crippen molar-refractivity contribution >= 4 is 11.8 Å². The van der Waals surface area contributed by atoms with Gasteiger partial charge in [0.2, 0.25) is 23.6 Å². The minimum atomic E-state index is -0.367. The molecule has 10 nitrogen and oxygen atoms in total. The van der Waals surface area contributed by atoms with Crippen LogP contribution in [0.25, 0.3) is 0 Å². The number of aromatic nitrogens is 3. The Morgan fingerprint density at radius 2 is 1.91 bits per heavy atom. The van der Waals surface area contributed by atoms with Crippen LogP contribution in [0.5, 0.6) is 11.8 Å². The molecule has 3 atom stereocenters. The van der Waals surface area contributed by atoms with E-state index in [1.54, 1.807) is 12.1 Å². The minimum absolute atomic E-state index is 0.0272. The first-order chi connectivity index (χ1) is 16.9. The number of methoxy groups -OCH3 is 2. The van der Waals surface area contributed by atoms with Crippen LogP contribution in [0.4, 0.5) is 0 Å². The molecular weight excluding hydrogens is 450 g/mol. The molecule has 35 heavy (non-hydrogen) atoms. The molecule has 0 bridgehead atoms. The molecule has 2 fully saturated rings. The van der Waals surface area contributed by atoms with Gasteiger partial charge in [0.15, 0.2) is 5.82 Å². The molecule has 190 valence electrons. The van der Waals surface area contributed by atoms with Crippen LogP contribution in [-0.2, 0) is 4.79 Å². The van der Waals surface area contributed by atoms with Crippen molar-refractivity contribution in [3.8, 4) is 11.8 Å². The van der Waals surface area contributed by atoms with E-state index in [2.05, 4.69) is 20.4 Å². The van der Waals surface area contributed by atoms with E-state index in [0.717, 1.165) is 25.7 Å². The number of fused-ring (bicyclic) bond motifs is 1. The lowest BCUT2D eigenvalue weighted by Gasteiger charge is -2.33. The van der Waals surface area contributed by atoms with Crippen LogP contribution in [0, 0.1) is 5.92 Å². The van der Waals surface area contributed by atoms with Crippen LogP contribution in [0.1, 0.15) is 86.3 Å². The highest BCUT2D eigenvalue weighted by Crippen LogP contribution is 2.42. The molecule has 1 N–H and O–H groups in total. The topological polar surface area (TPSA) is 120 Å². The molecule has 2 aliphatic rings. The van der Waals surface area contributed by atoms with Crippen molar-refractivity contribution in [1.82, 2.24) is 25.3 Å². The number of pyridine rings is 1. The fourth-order valence-corrected chi connectivity index (χ4v) is 5.02. The number of hydrogen-bond donors (Lipinski definition) is 1. The van der Waals surface area contributed by atoms with Gasteiger partial charge in [-0.1, -0.05) is 31.8 Å². The minimum Gasteiger partial charge on any atom is -0.481 e. The van der Waals surface area contributed by atoms with Crippen molar-refractivity contribution in [1.29, 1.82) is 0 Å². The fourth-order valence-electron chi connectivity index (χ4n) is 5.02. The second-order valence-electron chi connectivity index (χ2n) is 9.60. The lowest BCUT2D eigenvalue weighted by molar-refractivity contribution is -0.126. The van der Waals surface area contributed by atoms with E-state index < -0.39 is 0 Å². The van der Waals surface area contributed by atoms with Gasteiger partial charge in [0, 0.05) is 37.0 Å². The van der Waals surface area contributed by atoms with Crippen molar-refractivity contribution in [3.63, 3.8) is 0 Å². The number of carbonyl (C=O) groups is 2. The Labute approximate surface area is 205 Å². The van der Waals surface area contributed by atoms with Crippen molar-refractivity contribution < 1.29 is 23.6 Å². The Balaban J connectivity index is 1.68. The number of amides is 2. The van der Waals surface area contributed by atoms with E-state index in [9.17, 15) is 9.59 Å². The van der Waals surface area contributed by atoms with E-state index in [-0.39, 0.29) is 41.5 Å². The summed E-state index contributed by atoms with van der Waals surface area (Å²) >= 11 is 0. The number of hydrogen-bond acceptors (Lipinski definition) is 8. The van der Waals surface area contributed by atoms with E-state index in [0.29, 0.717) is 49.1 Å². The zero-order chi connectivity index (χ0) is 24.9. The van der Waals surface area contributed by atoms with Gasteiger partial charge >= 0.3 is 0 Å². The van der Waals surface area contributed by atoms with Gasteiger partial charge in [-0.2, -0.15) is 9.97 Å². The van der Waals surface area contributed by atoms with Crippen molar-refractivity contribution in [2.24, 2.45) is 5.92 Å². The van der Waals surface area contributed by atoms with E-state index in [1.807, 2.05) is 18.7 Å². The summed E-state index contributed by atoms with van der Waals surface area (Å²) < 4.78 is 16.2. The maximum Gasteiger partial charge on any atom is 0.259 e. The summed E-state index contributed by atoms with van der Waals surface area (Å²) in [6.45, 7) is 5.22. The number of nitrogens with one attached hydrogen (secondary N) is 1. The third-order valence-corrected chi connectivity index (χ3v) is 6.94. The van der Waals surface area contributed by atoms with Gasteiger partial charge < -0.3 is 24.2 Å². The first-order valence-electron chi connectivity index (χ1n) is 12.4. The molecule has 0 spiro atoms. The second-order valence-corrected chi connectivity index (χ2v) is 9.60.